The van der Waals surface area contributed by atoms with Crippen LogP contribution in [0.2, 0.25) is 5.02 Å². The molecule has 0 atom stereocenters. The number of hydrogen-bond acceptors (Lipinski definition) is 2. The highest BCUT2D eigenvalue weighted by Gasteiger charge is 2.06. The van der Waals surface area contributed by atoms with Gasteiger partial charge in [0.15, 0.2) is 0 Å². The zero-order valence-corrected chi connectivity index (χ0v) is 10.7. The molecule has 0 saturated heterocycles. The van der Waals surface area contributed by atoms with Crippen LogP contribution in [0.4, 0.5) is 4.39 Å². The van der Waals surface area contributed by atoms with Crippen molar-refractivity contribution in [1.82, 2.24) is 0 Å². The van der Waals surface area contributed by atoms with Crippen molar-refractivity contribution in [2.24, 2.45) is 5.73 Å². The normalized spacial score (nSPS) is 10.2. The van der Waals surface area contributed by atoms with Crippen LogP contribution in [0.1, 0.15) is 11.1 Å². The zero-order valence-electron chi connectivity index (χ0n) is 9.99. The molecule has 0 aromatic heterocycles. The van der Waals surface area contributed by atoms with E-state index in [2.05, 4.69) is 0 Å². The summed E-state index contributed by atoms with van der Waals surface area (Å²) in [5, 5.41) is 7.48. The Labute approximate surface area is 115 Å². The van der Waals surface area contributed by atoms with E-state index in [1.807, 2.05) is 12.1 Å². The highest BCUT2D eigenvalue weighted by molar-refractivity contribution is 6.30. The van der Waals surface area contributed by atoms with Gasteiger partial charge in [0.2, 0.25) is 0 Å². The number of amidine groups is 1. The minimum absolute atomic E-state index is 0.0114. The third-order valence-corrected chi connectivity index (χ3v) is 2.88. The SMILES string of the molecule is N=C(N)c1ccccc1COc1ccc(F)c(Cl)c1. The molecule has 0 aliphatic carbocycles. The maximum absolute atomic E-state index is 13.0. The molecular weight excluding hydrogens is 267 g/mol. The van der Waals surface area contributed by atoms with Crippen molar-refractivity contribution in [1.29, 1.82) is 5.41 Å². The molecule has 0 unspecified atom stereocenters. The van der Waals surface area contributed by atoms with E-state index in [-0.39, 0.29) is 17.5 Å². The van der Waals surface area contributed by atoms with Crippen molar-refractivity contribution in [2.45, 2.75) is 6.61 Å². The van der Waals surface area contributed by atoms with Crippen molar-refractivity contribution in [2.75, 3.05) is 0 Å². The molecule has 5 heteroatoms. The minimum Gasteiger partial charge on any atom is -0.489 e. The largest absolute Gasteiger partial charge is 0.489 e. The van der Waals surface area contributed by atoms with Crippen LogP contribution in [0.3, 0.4) is 0 Å². The summed E-state index contributed by atoms with van der Waals surface area (Å²) in [6.45, 7) is 0.234. The molecule has 0 amide bonds. The van der Waals surface area contributed by atoms with E-state index in [4.69, 9.17) is 27.5 Å². The Bertz CT molecular complexity index is 616. The van der Waals surface area contributed by atoms with Gasteiger partial charge in [0, 0.05) is 17.2 Å². The van der Waals surface area contributed by atoms with E-state index in [1.54, 1.807) is 12.1 Å². The summed E-state index contributed by atoms with van der Waals surface area (Å²) >= 11 is 5.67. The van der Waals surface area contributed by atoms with Crippen LogP contribution in [-0.2, 0) is 6.61 Å². The maximum Gasteiger partial charge on any atom is 0.142 e. The summed E-state index contributed by atoms with van der Waals surface area (Å²) in [6.07, 6.45) is 0. The molecule has 2 aromatic rings. The predicted molar refractivity (Wildman–Crippen MR) is 73.2 cm³/mol. The Morgan fingerprint density at radius 3 is 2.68 bits per heavy atom. The number of benzene rings is 2. The predicted octanol–water partition coefficient (Wildman–Crippen LogP) is 3.34. The quantitative estimate of drug-likeness (QED) is 0.666. The van der Waals surface area contributed by atoms with Gasteiger partial charge in [-0.25, -0.2) is 4.39 Å². The second kappa shape index (κ2) is 5.71. The van der Waals surface area contributed by atoms with Gasteiger partial charge in [-0.1, -0.05) is 35.9 Å². The molecule has 0 radical (unpaired) electrons. The first-order chi connectivity index (χ1) is 9.08. The number of nitrogens with two attached hydrogens (primary N) is 1. The number of hydrogen-bond donors (Lipinski definition) is 2. The average molecular weight is 279 g/mol. The molecule has 2 aromatic carbocycles. The summed E-state index contributed by atoms with van der Waals surface area (Å²) in [6, 6.07) is 11.4. The highest BCUT2D eigenvalue weighted by atomic mass is 35.5. The molecule has 19 heavy (non-hydrogen) atoms. The highest BCUT2D eigenvalue weighted by Crippen LogP contribution is 2.22. The fraction of sp³-hybridized carbons (Fsp3) is 0.0714. The van der Waals surface area contributed by atoms with Gasteiger partial charge in [-0.3, -0.25) is 5.41 Å². The molecule has 2 rings (SSSR count). The minimum atomic E-state index is -0.488. The number of nitrogen functional groups attached to an aromatic ring is 1. The van der Waals surface area contributed by atoms with Gasteiger partial charge < -0.3 is 10.5 Å². The van der Waals surface area contributed by atoms with Crippen LogP contribution in [-0.4, -0.2) is 5.84 Å². The molecule has 0 aliphatic heterocycles. The van der Waals surface area contributed by atoms with E-state index in [0.717, 1.165) is 5.56 Å². The molecule has 0 saturated carbocycles. The smallest absolute Gasteiger partial charge is 0.142 e. The van der Waals surface area contributed by atoms with E-state index in [9.17, 15) is 4.39 Å². The first-order valence-corrected chi connectivity index (χ1v) is 5.96. The van der Waals surface area contributed by atoms with Crippen molar-refractivity contribution >= 4 is 17.4 Å². The topological polar surface area (TPSA) is 59.1 Å². The molecule has 0 aliphatic rings. The van der Waals surface area contributed by atoms with E-state index < -0.39 is 5.82 Å². The van der Waals surface area contributed by atoms with Gasteiger partial charge in [0.25, 0.3) is 0 Å². The fourth-order valence-electron chi connectivity index (χ4n) is 1.64. The first-order valence-electron chi connectivity index (χ1n) is 5.58. The van der Waals surface area contributed by atoms with E-state index in [0.29, 0.717) is 11.3 Å². The summed E-state index contributed by atoms with van der Waals surface area (Å²) in [5.41, 5.74) is 6.89. The fourth-order valence-corrected chi connectivity index (χ4v) is 1.81. The van der Waals surface area contributed by atoms with Crippen molar-refractivity contribution in [3.8, 4) is 5.75 Å². The standard InChI is InChI=1S/C14H12ClFN2O/c15-12-7-10(5-6-13(12)16)19-8-9-3-1-2-4-11(9)14(17)18/h1-7H,8H2,(H3,17,18). The maximum atomic E-state index is 13.0. The molecule has 0 heterocycles. The molecule has 3 nitrogen and oxygen atoms in total. The second-order valence-electron chi connectivity index (χ2n) is 3.94. The van der Waals surface area contributed by atoms with Crippen LogP contribution < -0.4 is 10.5 Å². The molecule has 0 fully saturated rings. The van der Waals surface area contributed by atoms with Crippen molar-refractivity contribution < 1.29 is 9.13 Å². The van der Waals surface area contributed by atoms with Crippen molar-refractivity contribution in [3.05, 3.63) is 64.4 Å². The van der Waals surface area contributed by atoms with Crippen LogP contribution in [0.15, 0.2) is 42.5 Å². The summed E-state index contributed by atoms with van der Waals surface area (Å²) in [5.74, 6) is -0.0424. The Balaban J connectivity index is 2.14. The number of ether oxygens (including phenoxy) is 1. The number of rotatable bonds is 4. The molecular formula is C14H12ClFN2O. The Morgan fingerprint density at radius 1 is 1.26 bits per heavy atom. The molecule has 0 spiro atoms. The van der Waals surface area contributed by atoms with Gasteiger partial charge >= 0.3 is 0 Å². The summed E-state index contributed by atoms with van der Waals surface area (Å²) in [7, 11) is 0. The van der Waals surface area contributed by atoms with Gasteiger partial charge in [0.1, 0.15) is 24.0 Å². The van der Waals surface area contributed by atoms with Crippen LogP contribution in [0.5, 0.6) is 5.75 Å². The van der Waals surface area contributed by atoms with Crippen LogP contribution in [0.25, 0.3) is 0 Å². The lowest BCUT2D eigenvalue weighted by molar-refractivity contribution is 0.305. The lowest BCUT2D eigenvalue weighted by Gasteiger charge is -2.10. The lowest BCUT2D eigenvalue weighted by Crippen LogP contribution is -2.14. The van der Waals surface area contributed by atoms with Gasteiger partial charge in [-0.15, -0.1) is 0 Å². The van der Waals surface area contributed by atoms with Gasteiger partial charge in [-0.05, 0) is 12.1 Å². The Kier molecular flexibility index (Phi) is 4.02. The summed E-state index contributed by atoms with van der Waals surface area (Å²) in [4.78, 5) is 0. The molecule has 0 bridgehead atoms. The first kappa shape index (κ1) is 13.4. The third kappa shape index (κ3) is 3.23. The molecule has 3 N–H and O–H groups in total. The van der Waals surface area contributed by atoms with E-state index >= 15 is 0 Å². The van der Waals surface area contributed by atoms with Gasteiger partial charge in [0.05, 0.1) is 5.02 Å². The number of halogens is 2. The Hall–Kier alpha value is -2.07. The average Bonchev–Trinajstić information content (AvgIpc) is 2.40. The number of nitrogens with one attached hydrogen (secondary N) is 1. The van der Waals surface area contributed by atoms with Crippen LogP contribution >= 0.6 is 11.6 Å². The Morgan fingerprint density at radius 2 is 2.00 bits per heavy atom. The van der Waals surface area contributed by atoms with E-state index in [1.165, 1.54) is 18.2 Å². The van der Waals surface area contributed by atoms with Gasteiger partial charge in [-0.2, -0.15) is 0 Å². The lowest BCUT2D eigenvalue weighted by atomic mass is 10.1. The monoisotopic (exact) mass is 278 g/mol. The third-order valence-electron chi connectivity index (χ3n) is 2.59. The second-order valence-corrected chi connectivity index (χ2v) is 4.34. The zero-order chi connectivity index (χ0) is 13.8. The summed E-state index contributed by atoms with van der Waals surface area (Å²) < 4.78 is 18.5. The molecule has 98 valence electrons. The van der Waals surface area contributed by atoms with Crippen molar-refractivity contribution in [3.63, 3.8) is 0 Å². The van der Waals surface area contributed by atoms with Crippen LogP contribution in [0, 0.1) is 11.2 Å².